The van der Waals surface area contributed by atoms with Crippen LogP contribution in [0.2, 0.25) is 0 Å². The number of hydrogen-bond donors (Lipinski definition) is 1. The molecular formula is C25H26N2O3. The first-order valence-corrected chi connectivity index (χ1v) is 10.3. The Kier molecular flexibility index (Phi) is 6.10. The van der Waals surface area contributed by atoms with Crippen LogP contribution in [0.4, 0.5) is 5.69 Å². The second kappa shape index (κ2) is 9.09. The zero-order valence-electron chi connectivity index (χ0n) is 17.1. The molecule has 4 rings (SSSR count). The first kappa shape index (κ1) is 20.1. The number of rotatable bonds is 6. The number of hydrogen-bond acceptors (Lipinski definition) is 4. The highest BCUT2D eigenvalue weighted by molar-refractivity contribution is 6.02. The van der Waals surface area contributed by atoms with Crippen molar-refractivity contribution in [1.82, 2.24) is 4.90 Å². The Hall–Kier alpha value is -3.18. The Bertz CT molecular complexity index is 1030. The normalized spacial score (nSPS) is 15.1. The van der Waals surface area contributed by atoms with Crippen molar-refractivity contribution in [3.05, 3.63) is 72.3 Å². The van der Waals surface area contributed by atoms with E-state index in [0.717, 1.165) is 53.7 Å². The Morgan fingerprint density at radius 1 is 0.967 bits per heavy atom. The van der Waals surface area contributed by atoms with Gasteiger partial charge in [-0.05, 0) is 61.6 Å². The number of methoxy groups -OCH3 is 1. The van der Waals surface area contributed by atoms with Gasteiger partial charge >= 0.3 is 0 Å². The van der Waals surface area contributed by atoms with Crippen LogP contribution in [0.1, 0.15) is 23.2 Å². The van der Waals surface area contributed by atoms with Crippen molar-refractivity contribution < 1.29 is 14.3 Å². The van der Waals surface area contributed by atoms with E-state index >= 15 is 0 Å². The molecule has 3 aromatic rings. The lowest BCUT2D eigenvalue weighted by Gasteiger charge is -2.30. The van der Waals surface area contributed by atoms with Crippen LogP contribution >= 0.6 is 0 Å². The smallest absolute Gasteiger partial charge is 0.238 e. The van der Waals surface area contributed by atoms with Gasteiger partial charge in [-0.15, -0.1) is 0 Å². The average Bonchev–Trinajstić information content (AvgIpc) is 2.79. The summed E-state index contributed by atoms with van der Waals surface area (Å²) in [6.07, 6.45) is 1.54. The van der Waals surface area contributed by atoms with Crippen LogP contribution in [-0.2, 0) is 4.79 Å². The number of Topliss-reactive ketones (excluding diaryl/α,β-unsaturated/α-hetero) is 1. The number of carbonyl (C=O) groups is 2. The van der Waals surface area contributed by atoms with Crippen molar-refractivity contribution in [2.45, 2.75) is 12.8 Å². The molecule has 0 bridgehead atoms. The summed E-state index contributed by atoms with van der Waals surface area (Å²) in [6.45, 7) is 1.83. The van der Waals surface area contributed by atoms with Crippen LogP contribution in [0.25, 0.3) is 10.8 Å². The third-order valence-electron chi connectivity index (χ3n) is 5.76. The number of benzene rings is 3. The van der Waals surface area contributed by atoms with Crippen LogP contribution in [0.3, 0.4) is 0 Å². The number of amides is 1. The molecular weight excluding hydrogens is 376 g/mol. The molecule has 0 aromatic heterocycles. The van der Waals surface area contributed by atoms with Gasteiger partial charge in [-0.25, -0.2) is 0 Å². The van der Waals surface area contributed by atoms with Crippen LogP contribution in [0, 0.1) is 5.92 Å². The highest BCUT2D eigenvalue weighted by Crippen LogP contribution is 2.25. The number of nitrogens with one attached hydrogen (secondary N) is 1. The molecule has 30 heavy (non-hydrogen) atoms. The van der Waals surface area contributed by atoms with E-state index < -0.39 is 0 Å². The van der Waals surface area contributed by atoms with Gasteiger partial charge in [0, 0.05) is 22.6 Å². The second-order valence-electron chi connectivity index (χ2n) is 7.72. The van der Waals surface area contributed by atoms with E-state index in [9.17, 15) is 9.59 Å². The monoisotopic (exact) mass is 402 g/mol. The van der Waals surface area contributed by atoms with Crippen molar-refractivity contribution >= 4 is 28.2 Å². The number of ether oxygens (including phenoxy) is 1. The molecule has 1 heterocycles. The second-order valence-corrected chi connectivity index (χ2v) is 7.72. The van der Waals surface area contributed by atoms with Crippen LogP contribution in [0.5, 0.6) is 5.75 Å². The van der Waals surface area contributed by atoms with Crippen molar-refractivity contribution in [2.24, 2.45) is 5.92 Å². The molecule has 0 radical (unpaired) electrons. The fourth-order valence-corrected chi connectivity index (χ4v) is 4.07. The minimum atomic E-state index is -0.0220. The maximum absolute atomic E-state index is 12.8. The summed E-state index contributed by atoms with van der Waals surface area (Å²) < 4.78 is 5.16. The molecule has 5 heteroatoms. The maximum Gasteiger partial charge on any atom is 0.238 e. The molecule has 3 aromatic carbocycles. The van der Waals surface area contributed by atoms with Crippen molar-refractivity contribution in [2.75, 3.05) is 32.1 Å². The Labute approximate surface area is 176 Å². The summed E-state index contributed by atoms with van der Waals surface area (Å²) in [5.74, 6) is 0.915. The third kappa shape index (κ3) is 4.52. The largest absolute Gasteiger partial charge is 0.497 e. The average molecular weight is 402 g/mol. The number of piperidine rings is 1. The van der Waals surface area contributed by atoms with Gasteiger partial charge in [0.15, 0.2) is 5.78 Å². The van der Waals surface area contributed by atoms with E-state index in [1.807, 2.05) is 66.7 Å². The summed E-state index contributed by atoms with van der Waals surface area (Å²) >= 11 is 0. The van der Waals surface area contributed by atoms with Gasteiger partial charge in [-0.3, -0.25) is 14.5 Å². The quantitative estimate of drug-likeness (QED) is 0.622. The molecule has 1 aliphatic heterocycles. The number of fused-ring (bicyclic) bond motifs is 1. The van der Waals surface area contributed by atoms with Gasteiger partial charge in [0.25, 0.3) is 0 Å². The highest BCUT2D eigenvalue weighted by Gasteiger charge is 2.26. The van der Waals surface area contributed by atoms with Gasteiger partial charge in [0.05, 0.1) is 13.7 Å². The Balaban J connectivity index is 1.31. The molecule has 0 unspecified atom stereocenters. The van der Waals surface area contributed by atoms with Gasteiger partial charge in [-0.2, -0.15) is 0 Å². The standard InChI is InChI=1S/C25H26N2O3/c1-30-21-11-9-19(10-12-21)25(29)20-13-15-27(16-14-20)17-24(28)26-23-8-4-6-18-5-2-3-7-22(18)23/h2-12,20H,13-17H2,1H3,(H,26,28). The number of likely N-dealkylation sites (tertiary alicyclic amines) is 1. The van der Waals surface area contributed by atoms with Crippen LogP contribution in [0.15, 0.2) is 66.7 Å². The molecule has 0 atom stereocenters. The summed E-state index contributed by atoms with van der Waals surface area (Å²) in [5, 5.41) is 5.19. The number of nitrogens with zero attached hydrogens (tertiary/aromatic N) is 1. The van der Waals surface area contributed by atoms with E-state index in [2.05, 4.69) is 10.2 Å². The molecule has 0 aliphatic carbocycles. The molecule has 1 N–H and O–H groups in total. The third-order valence-corrected chi connectivity index (χ3v) is 5.76. The number of anilines is 1. The summed E-state index contributed by atoms with van der Waals surface area (Å²) in [6, 6.07) is 21.2. The maximum atomic E-state index is 12.8. The minimum absolute atomic E-state index is 0.00998. The van der Waals surface area contributed by atoms with E-state index in [1.54, 1.807) is 7.11 Å². The van der Waals surface area contributed by atoms with Crippen LogP contribution in [-0.4, -0.2) is 43.3 Å². The zero-order valence-corrected chi connectivity index (χ0v) is 17.1. The van der Waals surface area contributed by atoms with Crippen LogP contribution < -0.4 is 10.1 Å². The van der Waals surface area contributed by atoms with Crippen molar-refractivity contribution in [1.29, 1.82) is 0 Å². The lowest BCUT2D eigenvalue weighted by molar-refractivity contribution is -0.117. The van der Waals surface area contributed by atoms with Gasteiger partial charge in [0.2, 0.25) is 5.91 Å². The van der Waals surface area contributed by atoms with Gasteiger partial charge < -0.3 is 10.1 Å². The van der Waals surface area contributed by atoms with E-state index in [4.69, 9.17) is 4.74 Å². The Morgan fingerprint density at radius 3 is 2.40 bits per heavy atom. The molecule has 0 spiro atoms. The first-order valence-electron chi connectivity index (χ1n) is 10.3. The fraction of sp³-hybridized carbons (Fsp3) is 0.280. The lowest BCUT2D eigenvalue weighted by Crippen LogP contribution is -2.40. The minimum Gasteiger partial charge on any atom is -0.497 e. The number of carbonyl (C=O) groups excluding carboxylic acids is 2. The topological polar surface area (TPSA) is 58.6 Å². The molecule has 1 aliphatic rings. The summed E-state index contributed by atoms with van der Waals surface area (Å²) in [5.41, 5.74) is 1.56. The molecule has 1 saturated heterocycles. The van der Waals surface area contributed by atoms with E-state index in [-0.39, 0.29) is 17.6 Å². The summed E-state index contributed by atoms with van der Waals surface area (Å²) in [7, 11) is 1.61. The first-order chi connectivity index (χ1) is 14.6. The predicted molar refractivity (Wildman–Crippen MR) is 119 cm³/mol. The molecule has 5 nitrogen and oxygen atoms in total. The predicted octanol–water partition coefficient (Wildman–Crippen LogP) is 4.38. The summed E-state index contributed by atoms with van der Waals surface area (Å²) in [4.78, 5) is 27.5. The van der Waals surface area contributed by atoms with Gasteiger partial charge in [0.1, 0.15) is 5.75 Å². The zero-order chi connectivity index (χ0) is 20.9. The van der Waals surface area contributed by atoms with Gasteiger partial charge in [-0.1, -0.05) is 36.4 Å². The number of ketones is 1. The molecule has 0 saturated carbocycles. The van der Waals surface area contributed by atoms with Crippen molar-refractivity contribution in [3.63, 3.8) is 0 Å². The molecule has 1 amide bonds. The van der Waals surface area contributed by atoms with E-state index in [1.165, 1.54) is 0 Å². The van der Waals surface area contributed by atoms with Crippen molar-refractivity contribution in [3.8, 4) is 5.75 Å². The molecule has 154 valence electrons. The SMILES string of the molecule is COc1ccc(C(=O)C2CCN(CC(=O)Nc3cccc4ccccc34)CC2)cc1. The Morgan fingerprint density at radius 2 is 1.67 bits per heavy atom. The van der Waals surface area contributed by atoms with E-state index in [0.29, 0.717) is 6.54 Å². The highest BCUT2D eigenvalue weighted by atomic mass is 16.5. The lowest BCUT2D eigenvalue weighted by atomic mass is 9.89. The fourth-order valence-electron chi connectivity index (χ4n) is 4.07. The molecule has 1 fully saturated rings.